The van der Waals surface area contributed by atoms with Gasteiger partial charge in [0.1, 0.15) is 12.1 Å². The van der Waals surface area contributed by atoms with Crippen molar-refractivity contribution in [3.05, 3.63) is 0 Å². The lowest BCUT2D eigenvalue weighted by molar-refractivity contribution is -0.173. The molecule has 1 rings (SSSR count). The molecule has 0 unspecified atom stereocenters. The van der Waals surface area contributed by atoms with E-state index in [1.165, 1.54) is 0 Å². The number of carbonyl (C=O) groups excluding carboxylic acids is 5. The second kappa shape index (κ2) is 18.4. The molecule has 12 nitrogen and oxygen atoms in total. The third-order valence-electron chi connectivity index (χ3n) is 4.03. The number of nitrogens with two attached hydrogens (primary N) is 1. The van der Waals surface area contributed by atoms with E-state index in [2.05, 4.69) is 33.3 Å². The van der Waals surface area contributed by atoms with Crippen molar-refractivity contribution in [2.75, 3.05) is 13.1 Å². The average Bonchev–Trinajstić information content (AvgIpc) is 3.08. The number of halogens is 8. The number of esters is 1. The topological polar surface area (TPSA) is 194 Å². The van der Waals surface area contributed by atoms with Crippen molar-refractivity contribution in [2.45, 2.75) is 63.0 Å². The van der Waals surface area contributed by atoms with E-state index in [1.54, 1.807) is 10.6 Å². The van der Waals surface area contributed by atoms with Gasteiger partial charge in [0.05, 0.1) is 0 Å². The van der Waals surface area contributed by atoms with Gasteiger partial charge in [-0.05, 0) is 61.7 Å². The summed E-state index contributed by atoms with van der Waals surface area (Å²) in [6, 6.07) is -1.77. The molecule has 1 heterocycles. The molecule has 0 aromatic carbocycles. The lowest BCUT2D eigenvalue weighted by atomic mass is 10.1. The van der Waals surface area contributed by atoms with Crippen LogP contribution >= 0.6 is 23.2 Å². The minimum absolute atomic E-state index is 0.145. The molecule has 0 aromatic rings. The van der Waals surface area contributed by atoms with Crippen LogP contribution in [0.15, 0.2) is 0 Å². The highest BCUT2D eigenvalue weighted by Crippen LogP contribution is 2.15. The predicted molar refractivity (Wildman–Crippen MR) is 117 cm³/mol. The summed E-state index contributed by atoms with van der Waals surface area (Å²) in [6.45, 7) is -0.293. The van der Waals surface area contributed by atoms with Gasteiger partial charge in [-0.2, -0.15) is 26.3 Å². The van der Waals surface area contributed by atoms with Crippen molar-refractivity contribution in [2.24, 2.45) is 5.73 Å². The molecule has 0 radical (unpaired) electrons. The van der Waals surface area contributed by atoms with Crippen LogP contribution in [-0.4, -0.2) is 77.2 Å². The number of unbranched alkanes of at least 4 members (excludes halogenated alkanes) is 2. The van der Waals surface area contributed by atoms with Gasteiger partial charge < -0.3 is 31.5 Å². The van der Waals surface area contributed by atoms with Gasteiger partial charge in [0.15, 0.2) is 0 Å². The smallest absolute Gasteiger partial charge is 0.471 e. The van der Waals surface area contributed by atoms with Gasteiger partial charge in [-0.1, -0.05) is 0 Å². The molecule has 1 fully saturated rings. The molecule has 3 amide bonds. The minimum atomic E-state index is -4.89. The van der Waals surface area contributed by atoms with E-state index in [9.17, 15) is 50.3 Å². The van der Waals surface area contributed by atoms with Crippen LogP contribution in [0.2, 0.25) is 0 Å². The van der Waals surface area contributed by atoms with Crippen LogP contribution in [0.3, 0.4) is 0 Å². The van der Waals surface area contributed by atoms with Crippen molar-refractivity contribution < 1.29 is 65.0 Å². The molecule has 0 spiro atoms. The zero-order chi connectivity index (χ0) is 30.1. The largest absolute Gasteiger partial charge is 0.480 e. The van der Waals surface area contributed by atoms with Gasteiger partial charge in [0.2, 0.25) is 0 Å². The SMILES string of the molecule is N[C@@H](CCCCNC(=O)C(F)(F)F)C(=O)O.O=C(Cl)Cl.O=C1N[C@@H](CCCCNC(=O)C(F)(F)F)C(=O)O1. The fourth-order valence-electron chi connectivity index (χ4n) is 2.27. The van der Waals surface area contributed by atoms with E-state index < -0.39 is 59.0 Å². The van der Waals surface area contributed by atoms with Gasteiger partial charge in [-0.15, -0.1) is 0 Å². The van der Waals surface area contributed by atoms with E-state index in [0.717, 1.165) is 0 Å². The Kier molecular flexibility index (Phi) is 18.1. The Bertz CT molecular complexity index is 826. The maximum absolute atomic E-state index is 11.8. The Morgan fingerprint density at radius 1 is 0.921 bits per heavy atom. The maximum Gasteiger partial charge on any atom is 0.471 e. The number of alkyl carbamates (subject to hydrolysis) is 1. The quantitative estimate of drug-likeness (QED) is 0.0768. The van der Waals surface area contributed by atoms with Crippen LogP contribution in [0, 0.1) is 0 Å². The van der Waals surface area contributed by atoms with Crippen molar-refractivity contribution in [1.82, 2.24) is 16.0 Å². The summed E-state index contributed by atoms with van der Waals surface area (Å²) < 4.78 is 73.7. The van der Waals surface area contributed by atoms with E-state index in [1.807, 2.05) is 0 Å². The van der Waals surface area contributed by atoms with E-state index in [4.69, 9.17) is 15.6 Å². The molecule has 2 atom stereocenters. The van der Waals surface area contributed by atoms with Crippen LogP contribution in [0.4, 0.5) is 35.9 Å². The van der Waals surface area contributed by atoms with Crippen LogP contribution in [-0.2, 0) is 23.9 Å². The first-order valence-electron chi connectivity index (χ1n) is 10.3. The van der Waals surface area contributed by atoms with Crippen LogP contribution in [0.25, 0.3) is 0 Å². The Balaban J connectivity index is 0. The van der Waals surface area contributed by atoms with Crippen LogP contribution in [0.1, 0.15) is 38.5 Å². The molecular formula is C18H24Cl2F6N4O8. The summed E-state index contributed by atoms with van der Waals surface area (Å²) in [6.07, 6.45) is -8.94. The number of hydrogen-bond acceptors (Lipinski definition) is 8. The normalized spacial score (nSPS) is 15.4. The number of carboxylic acids is 1. The average molecular weight is 609 g/mol. The van der Waals surface area contributed by atoms with E-state index >= 15 is 0 Å². The molecule has 20 heteroatoms. The molecule has 1 aliphatic heterocycles. The summed E-state index contributed by atoms with van der Waals surface area (Å²) in [5, 5.41) is 14.0. The Morgan fingerprint density at radius 2 is 1.34 bits per heavy atom. The highest BCUT2D eigenvalue weighted by Gasteiger charge is 2.39. The summed E-state index contributed by atoms with van der Waals surface area (Å²) in [5.74, 6) is -5.83. The van der Waals surface area contributed by atoms with Crippen LogP contribution < -0.4 is 21.7 Å². The number of rotatable bonds is 11. The molecule has 6 N–H and O–H groups in total. The lowest BCUT2D eigenvalue weighted by Gasteiger charge is -2.08. The number of ether oxygens (including phenoxy) is 1. The fraction of sp³-hybridized carbons (Fsp3) is 0.667. The Morgan fingerprint density at radius 3 is 1.68 bits per heavy atom. The zero-order valence-electron chi connectivity index (χ0n) is 19.2. The summed E-state index contributed by atoms with van der Waals surface area (Å²) >= 11 is 8.80. The first-order valence-corrected chi connectivity index (χ1v) is 11.1. The van der Waals surface area contributed by atoms with Crippen molar-refractivity contribution in [3.63, 3.8) is 0 Å². The Labute approximate surface area is 220 Å². The minimum Gasteiger partial charge on any atom is -0.480 e. The summed E-state index contributed by atoms with van der Waals surface area (Å²) in [4.78, 5) is 61.5. The first kappa shape index (κ1) is 37.3. The standard InChI is InChI=1S/C9H11F3N2O4.C8H13F3N2O3.CCl2O/c10-9(11,12)7(16)13-4-2-1-3-5-6(15)18-8(17)14-5;9-8(10,11)7(16)13-4-2-1-3-5(12)6(14)15;2-1(3)4/h5H,1-4H2,(H,13,16)(H,14,17);5H,1-4,12H2,(H,13,16)(H,14,15);/t2*5-;/m00./s1. The number of aliphatic carboxylic acids is 1. The van der Waals surface area contributed by atoms with Gasteiger partial charge in [0, 0.05) is 13.1 Å². The number of carbonyl (C=O) groups is 6. The van der Waals surface area contributed by atoms with Gasteiger partial charge in [-0.25, -0.2) is 9.59 Å². The molecule has 38 heavy (non-hydrogen) atoms. The molecule has 0 aromatic heterocycles. The van der Waals surface area contributed by atoms with Gasteiger partial charge in [-0.3, -0.25) is 19.2 Å². The molecule has 0 aliphatic carbocycles. The molecule has 0 saturated carbocycles. The maximum atomic E-state index is 11.8. The van der Waals surface area contributed by atoms with Crippen LogP contribution in [0.5, 0.6) is 0 Å². The third-order valence-corrected chi connectivity index (χ3v) is 4.03. The molecule has 0 bridgehead atoms. The van der Waals surface area contributed by atoms with Crippen molar-refractivity contribution >= 4 is 57.7 Å². The van der Waals surface area contributed by atoms with E-state index in [0.29, 0.717) is 12.8 Å². The molecular weight excluding hydrogens is 585 g/mol. The third kappa shape index (κ3) is 20.2. The fourth-order valence-corrected chi connectivity index (χ4v) is 2.27. The number of cyclic esters (lactones) is 2. The highest BCUT2D eigenvalue weighted by atomic mass is 35.5. The second-order valence-corrected chi connectivity index (χ2v) is 7.95. The molecule has 220 valence electrons. The summed E-state index contributed by atoms with van der Waals surface area (Å²) in [7, 11) is 0. The Hall–Kier alpha value is -2.86. The zero-order valence-corrected chi connectivity index (χ0v) is 20.7. The number of nitrogens with one attached hydrogen (secondary N) is 3. The number of hydrogen-bond donors (Lipinski definition) is 5. The summed E-state index contributed by atoms with van der Waals surface area (Å²) in [5.41, 5.74) is 5.16. The second-order valence-electron chi connectivity index (χ2n) is 7.07. The number of carboxylic acid groups (broad SMARTS) is 1. The van der Waals surface area contributed by atoms with Crippen molar-refractivity contribution in [1.29, 1.82) is 0 Å². The molecule has 1 saturated heterocycles. The van der Waals surface area contributed by atoms with Gasteiger partial charge in [0.25, 0.3) is 0 Å². The monoisotopic (exact) mass is 608 g/mol. The number of amides is 3. The first-order chi connectivity index (χ1) is 17.3. The molecule has 1 aliphatic rings. The van der Waals surface area contributed by atoms with Gasteiger partial charge >= 0.3 is 46.9 Å². The number of alkyl halides is 6. The van der Waals surface area contributed by atoms with Crippen molar-refractivity contribution in [3.8, 4) is 0 Å². The highest BCUT2D eigenvalue weighted by molar-refractivity contribution is 6.93. The predicted octanol–water partition coefficient (Wildman–Crippen LogP) is 2.30. The lowest BCUT2D eigenvalue weighted by Crippen LogP contribution is -2.37. The van der Waals surface area contributed by atoms with E-state index in [-0.39, 0.29) is 38.8 Å².